The predicted octanol–water partition coefficient (Wildman–Crippen LogP) is 5.06. The zero-order valence-corrected chi connectivity index (χ0v) is 20.0. The molecule has 2 aromatic heterocycles. The van der Waals surface area contributed by atoms with E-state index in [2.05, 4.69) is 15.3 Å². The average Bonchev–Trinajstić information content (AvgIpc) is 2.89. The lowest BCUT2D eigenvalue weighted by Crippen LogP contribution is -2.27. The van der Waals surface area contributed by atoms with E-state index in [0.717, 1.165) is 11.8 Å². The van der Waals surface area contributed by atoms with Gasteiger partial charge in [0.1, 0.15) is 17.9 Å². The molecule has 3 N–H and O–H groups in total. The standard InChI is InChI=1S/C27H21ClN6O2/c1-16(31-24-20(14-30-27(29)33-24)18-8-5-7-17(13-18)15-35)25-32-22-12-6-11-21(28)23(22)26(36)34(25)19-9-3-2-4-10-19/h2-16H,1H3,(H3,29,30,31,33)/t16-/m1/s1. The summed E-state index contributed by atoms with van der Waals surface area (Å²) in [5, 5.41) is 4.03. The van der Waals surface area contributed by atoms with E-state index in [0.29, 0.717) is 44.4 Å². The van der Waals surface area contributed by atoms with Crippen LogP contribution in [0.25, 0.3) is 27.7 Å². The van der Waals surface area contributed by atoms with E-state index in [1.165, 1.54) is 0 Å². The van der Waals surface area contributed by atoms with E-state index in [9.17, 15) is 9.59 Å². The summed E-state index contributed by atoms with van der Waals surface area (Å²) in [5.41, 5.74) is 8.69. The molecule has 0 aliphatic rings. The fourth-order valence-corrected chi connectivity index (χ4v) is 4.34. The molecule has 9 heteroatoms. The Morgan fingerprint density at radius 1 is 1.03 bits per heavy atom. The van der Waals surface area contributed by atoms with E-state index in [1.807, 2.05) is 43.3 Å². The molecule has 1 atom stereocenters. The van der Waals surface area contributed by atoms with Gasteiger partial charge in [-0.2, -0.15) is 4.98 Å². The van der Waals surface area contributed by atoms with Gasteiger partial charge in [0, 0.05) is 17.3 Å². The SMILES string of the molecule is C[C@@H](Nc1nc(N)ncc1-c1cccc(C=O)c1)c1nc2cccc(Cl)c2c(=O)n1-c1ccccc1. The highest BCUT2D eigenvalue weighted by Gasteiger charge is 2.21. The van der Waals surface area contributed by atoms with Gasteiger partial charge in [-0.05, 0) is 42.8 Å². The lowest BCUT2D eigenvalue weighted by atomic mass is 10.1. The second-order valence-electron chi connectivity index (χ2n) is 8.18. The first-order chi connectivity index (χ1) is 17.5. The number of aldehydes is 1. The maximum Gasteiger partial charge on any atom is 0.267 e. The Hall–Kier alpha value is -4.56. The second kappa shape index (κ2) is 9.59. The molecular formula is C27H21ClN6O2. The van der Waals surface area contributed by atoms with Gasteiger partial charge in [-0.3, -0.25) is 14.2 Å². The van der Waals surface area contributed by atoms with E-state index in [-0.39, 0.29) is 11.5 Å². The lowest BCUT2D eigenvalue weighted by Gasteiger charge is -2.21. The number of nitrogens with two attached hydrogens (primary N) is 1. The highest BCUT2D eigenvalue weighted by molar-refractivity contribution is 6.35. The summed E-state index contributed by atoms with van der Waals surface area (Å²) in [5.74, 6) is 0.988. The molecule has 0 aliphatic heterocycles. The molecule has 0 unspecified atom stereocenters. The molecule has 0 amide bonds. The molecule has 36 heavy (non-hydrogen) atoms. The molecule has 0 aliphatic carbocycles. The molecule has 0 bridgehead atoms. The number of halogens is 1. The van der Waals surface area contributed by atoms with Gasteiger partial charge in [0.2, 0.25) is 5.95 Å². The van der Waals surface area contributed by atoms with Crippen molar-refractivity contribution in [1.29, 1.82) is 0 Å². The maximum atomic E-state index is 13.7. The van der Waals surface area contributed by atoms with Crippen molar-refractivity contribution in [3.8, 4) is 16.8 Å². The molecule has 5 rings (SSSR count). The third-order valence-corrected chi connectivity index (χ3v) is 6.08. The third-order valence-electron chi connectivity index (χ3n) is 5.77. The number of benzene rings is 3. The first kappa shape index (κ1) is 23.2. The Morgan fingerprint density at radius 3 is 2.58 bits per heavy atom. The predicted molar refractivity (Wildman–Crippen MR) is 142 cm³/mol. The highest BCUT2D eigenvalue weighted by Crippen LogP contribution is 2.30. The number of hydrogen-bond acceptors (Lipinski definition) is 7. The minimum atomic E-state index is -0.483. The molecule has 8 nitrogen and oxygen atoms in total. The Labute approximate surface area is 211 Å². The summed E-state index contributed by atoms with van der Waals surface area (Å²) in [6, 6.07) is 21.0. The van der Waals surface area contributed by atoms with Crippen LogP contribution in [-0.4, -0.2) is 25.8 Å². The topological polar surface area (TPSA) is 116 Å². The van der Waals surface area contributed by atoms with Crippen molar-refractivity contribution in [3.63, 3.8) is 0 Å². The van der Waals surface area contributed by atoms with Gasteiger partial charge in [0.25, 0.3) is 5.56 Å². The summed E-state index contributed by atoms with van der Waals surface area (Å²) in [6.45, 7) is 1.88. The molecular weight excluding hydrogens is 476 g/mol. The van der Waals surface area contributed by atoms with Crippen molar-refractivity contribution in [2.24, 2.45) is 0 Å². The van der Waals surface area contributed by atoms with Crippen LogP contribution < -0.4 is 16.6 Å². The van der Waals surface area contributed by atoms with Gasteiger partial charge in [0.05, 0.1) is 27.7 Å². The number of anilines is 2. The number of hydrogen-bond donors (Lipinski definition) is 2. The number of carbonyl (C=O) groups excluding carboxylic acids is 1. The van der Waals surface area contributed by atoms with E-state index in [4.69, 9.17) is 22.3 Å². The number of fused-ring (bicyclic) bond motifs is 1. The molecule has 178 valence electrons. The first-order valence-corrected chi connectivity index (χ1v) is 11.6. The highest BCUT2D eigenvalue weighted by atomic mass is 35.5. The normalized spacial score (nSPS) is 11.8. The molecule has 3 aromatic carbocycles. The van der Waals surface area contributed by atoms with Crippen LogP contribution in [0.2, 0.25) is 5.02 Å². The molecule has 0 spiro atoms. The van der Waals surface area contributed by atoms with Crippen LogP contribution in [-0.2, 0) is 0 Å². The lowest BCUT2D eigenvalue weighted by molar-refractivity contribution is 0.112. The maximum absolute atomic E-state index is 13.7. The van der Waals surface area contributed by atoms with Gasteiger partial charge in [-0.15, -0.1) is 0 Å². The number of nitrogens with zero attached hydrogens (tertiary/aromatic N) is 4. The van der Waals surface area contributed by atoms with Gasteiger partial charge in [0.15, 0.2) is 0 Å². The van der Waals surface area contributed by atoms with Crippen LogP contribution in [0.4, 0.5) is 11.8 Å². The van der Waals surface area contributed by atoms with Gasteiger partial charge in [-0.1, -0.05) is 54.1 Å². The quantitative estimate of drug-likeness (QED) is 0.315. The second-order valence-corrected chi connectivity index (χ2v) is 8.59. The number of rotatable bonds is 6. The van der Waals surface area contributed by atoms with Crippen molar-refractivity contribution < 1.29 is 4.79 Å². The zero-order chi connectivity index (χ0) is 25.2. The number of nitrogens with one attached hydrogen (secondary N) is 1. The summed E-state index contributed by atoms with van der Waals surface area (Å²) in [7, 11) is 0. The van der Waals surface area contributed by atoms with Crippen LogP contribution in [0.1, 0.15) is 29.1 Å². The van der Waals surface area contributed by atoms with E-state index < -0.39 is 6.04 Å². The summed E-state index contributed by atoms with van der Waals surface area (Å²) in [6.07, 6.45) is 2.37. The average molecular weight is 497 g/mol. The number of para-hydroxylation sites is 1. The number of carbonyl (C=O) groups is 1. The summed E-state index contributed by atoms with van der Waals surface area (Å²) < 4.78 is 1.54. The summed E-state index contributed by atoms with van der Waals surface area (Å²) in [4.78, 5) is 38.3. The molecule has 0 radical (unpaired) electrons. The number of aromatic nitrogens is 4. The largest absolute Gasteiger partial charge is 0.368 e. The van der Waals surface area contributed by atoms with Crippen LogP contribution in [0.15, 0.2) is 83.8 Å². The number of nitrogen functional groups attached to an aromatic ring is 1. The summed E-state index contributed by atoms with van der Waals surface area (Å²) >= 11 is 6.39. The van der Waals surface area contributed by atoms with Crippen molar-refractivity contribution in [2.45, 2.75) is 13.0 Å². The van der Waals surface area contributed by atoms with Crippen LogP contribution in [0, 0.1) is 0 Å². The Bertz CT molecular complexity index is 1650. The van der Waals surface area contributed by atoms with E-state index in [1.54, 1.807) is 47.2 Å². The fourth-order valence-electron chi connectivity index (χ4n) is 4.09. The Balaban J connectivity index is 1.67. The fraction of sp³-hybridized carbons (Fsp3) is 0.0741. The Kier molecular flexibility index (Phi) is 6.18. The van der Waals surface area contributed by atoms with Crippen LogP contribution in [0.3, 0.4) is 0 Å². The molecule has 5 aromatic rings. The Morgan fingerprint density at radius 2 is 1.81 bits per heavy atom. The molecule has 0 saturated carbocycles. The zero-order valence-electron chi connectivity index (χ0n) is 19.2. The van der Waals surface area contributed by atoms with Crippen molar-refractivity contribution in [1.82, 2.24) is 19.5 Å². The minimum absolute atomic E-state index is 0.0821. The van der Waals surface area contributed by atoms with Crippen LogP contribution >= 0.6 is 11.6 Å². The van der Waals surface area contributed by atoms with Gasteiger partial charge < -0.3 is 11.1 Å². The molecule has 0 fully saturated rings. The van der Waals surface area contributed by atoms with Crippen molar-refractivity contribution in [2.75, 3.05) is 11.1 Å². The van der Waals surface area contributed by atoms with Crippen LogP contribution in [0.5, 0.6) is 0 Å². The minimum Gasteiger partial charge on any atom is -0.368 e. The smallest absolute Gasteiger partial charge is 0.267 e. The molecule has 0 saturated heterocycles. The van der Waals surface area contributed by atoms with Crippen molar-refractivity contribution >= 4 is 40.6 Å². The van der Waals surface area contributed by atoms with Gasteiger partial charge in [-0.25, -0.2) is 9.97 Å². The third kappa shape index (κ3) is 4.30. The monoisotopic (exact) mass is 496 g/mol. The molecule has 2 heterocycles. The van der Waals surface area contributed by atoms with E-state index >= 15 is 0 Å². The van der Waals surface area contributed by atoms with Gasteiger partial charge >= 0.3 is 0 Å². The first-order valence-electron chi connectivity index (χ1n) is 11.2. The van der Waals surface area contributed by atoms with Crippen molar-refractivity contribution in [3.05, 3.63) is 106 Å².